The normalized spacial score (nSPS) is 13.2. The number of anilines is 6. The van der Waals surface area contributed by atoms with E-state index in [0.717, 1.165) is 28.3 Å². The molecule has 0 atom stereocenters. The molecule has 11 aromatic rings. The van der Waals surface area contributed by atoms with Gasteiger partial charge in [-0.1, -0.05) is 84.2 Å². The summed E-state index contributed by atoms with van der Waals surface area (Å²) in [6, 6.07) is 61.3. The highest BCUT2D eigenvalue weighted by Crippen LogP contribution is 2.57. The second-order valence-corrected chi connectivity index (χ2v) is 19.0. The van der Waals surface area contributed by atoms with E-state index in [0.29, 0.717) is 5.89 Å². The molecular weight excluding hydrogens is 799 g/mol. The summed E-state index contributed by atoms with van der Waals surface area (Å²) in [7, 11) is 0. The fourth-order valence-electron chi connectivity index (χ4n) is 8.67. The smallest absolute Gasteiger partial charge is 0.226 e. The van der Waals surface area contributed by atoms with Crippen molar-refractivity contribution in [3.8, 4) is 22.8 Å². The molecule has 278 valence electrons. The summed E-state index contributed by atoms with van der Waals surface area (Å²) in [5.74, 6) is 1.33. The first-order valence-electron chi connectivity index (χ1n) is 19.4. The van der Waals surface area contributed by atoms with Crippen LogP contribution in [-0.4, -0.2) is 4.98 Å². The van der Waals surface area contributed by atoms with Crippen molar-refractivity contribution in [2.45, 2.75) is 19.6 Å². The van der Waals surface area contributed by atoms with Crippen molar-refractivity contribution in [2.24, 2.45) is 0 Å². The highest BCUT2D eigenvalue weighted by molar-refractivity contribution is 8.00. The third-order valence-corrected chi connectivity index (χ3v) is 16.0. The van der Waals surface area contributed by atoms with Gasteiger partial charge < -0.3 is 14.2 Å². The standard InChI is InChI=1S/C51H29N3OS4/c1-5-13-41-34(9-1)47-45(56-41)27-25-38-49(47)58-43-15-7-3-11-36(43)53(38)32-21-17-30(18-22-32)40-29-52-51(55-40)31-19-23-33(24-20-31)54-37-12-4-8-16-44(37)59-50-39(54)26-28-46-48(50)35-10-2-6-14-42(35)57-46/h1-29H. The van der Waals surface area contributed by atoms with E-state index in [1.165, 1.54) is 82.7 Å². The lowest BCUT2D eigenvalue weighted by atomic mass is 10.1. The first kappa shape index (κ1) is 33.7. The second-order valence-electron chi connectivity index (χ2n) is 14.7. The molecule has 0 radical (unpaired) electrons. The average molecular weight is 828 g/mol. The van der Waals surface area contributed by atoms with Crippen molar-refractivity contribution in [2.75, 3.05) is 9.80 Å². The van der Waals surface area contributed by atoms with Crippen molar-refractivity contribution in [3.05, 3.63) is 176 Å². The van der Waals surface area contributed by atoms with Gasteiger partial charge in [-0.25, -0.2) is 4.98 Å². The van der Waals surface area contributed by atoms with Crippen molar-refractivity contribution >= 4 is 121 Å². The van der Waals surface area contributed by atoms with Crippen LogP contribution in [0.2, 0.25) is 0 Å². The summed E-state index contributed by atoms with van der Waals surface area (Å²) in [5, 5.41) is 5.31. The van der Waals surface area contributed by atoms with Gasteiger partial charge in [0.1, 0.15) is 0 Å². The summed E-state index contributed by atoms with van der Waals surface area (Å²) in [4.78, 5) is 14.6. The molecule has 0 fully saturated rings. The summed E-state index contributed by atoms with van der Waals surface area (Å²) in [6.45, 7) is 0. The molecule has 2 aliphatic rings. The Kier molecular flexibility index (Phi) is 7.48. The van der Waals surface area contributed by atoms with Gasteiger partial charge in [-0.15, -0.1) is 22.7 Å². The SMILES string of the molecule is c1ccc2c(c1)Sc1c(ccc3sc4ccccc4c13)N2c1ccc(-c2cnc(-c3ccc(N4c5ccccc5Sc5c4ccc4sc6ccccc6c54)cc3)o2)cc1. The number of hydrogen-bond donors (Lipinski definition) is 0. The zero-order chi connectivity index (χ0) is 38.6. The van der Waals surface area contributed by atoms with E-state index in [-0.39, 0.29) is 0 Å². The maximum atomic E-state index is 6.47. The van der Waals surface area contributed by atoms with Gasteiger partial charge in [0, 0.05) is 82.4 Å². The van der Waals surface area contributed by atoms with E-state index in [1.54, 1.807) is 0 Å². The number of para-hydroxylation sites is 2. The van der Waals surface area contributed by atoms with E-state index in [9.17, 15) is 0 Å². The predicted octanol–water partition coefficient (Wildman–Crippen LogP) is 16.6. The first-order chi connectivity index (χ1) is 29.2. The van der Waals surface area contributed by atoms with E-state index in [1.807, 2.05) is 52.4 Å². The fraction of sp³-hybridized carbons (Fsp3) is 0. The molecule has 0 unspecified atom stereocenters. The predicted molar refractivity (Wildman–Crippen MR) is 251 cm³/mol. The number of nitrogens with zero attached hydrogens (tertiary/aromatic N) is 3. The molecule has 0 saturated carbocycles. The molecule has 0 spiro atoms. The highest BCUT2D eigenvalue weighted by atomic mass is 32.2. The van der Waals surface area contributed by atoms with Gasteiger partial charge in [-0.05, 0) is 109 Å². The minimum Gasteiger partial charge on any atom is -0.436 e. The molecule has 0 bridgehead atoms. The summed E-state index contributed by atoms with van der Waals surface area (Å²) < 4.78 is 11.7. The number of oxazole rings is 1. The minimum atomic E-state index is 0.597. The second kappa shape index (κ2) is 13.1. The largest absolute Gasteiger partial charge is 0.436 e. The quantitative estimate of drug-likeness (QED) is 0.176. The van der Waals surface area contributed by atoms with Crippen LogP contribution in [0, 0.1) is 0 Å². The molecule has 13 rings (SSSR count). The van der Waals surface area contributed by atoms with Crippen molar-refractivity contribution < 1.29 is 4.42 Å². The lowest BCUT2D eigenvalue weighted by molar-refractivity contribution is 0.589. The van der Waals surface area contributed by atoms with Crippen LogP contribution in [0.5, 0.6) is 0 Å². The van der Waals surface area contributed by atoms with Gasteiger partial charge in [0.25, 0.3) is 0 Å². The topological polar surface area (TPSA) is 32.5 Å². The third-order valence-electron chi connectivity index (χ3n) is 11.4. The first-order valence-corrected chi connectivity index (χ1v) is 22.7. The number of fused-ring (bicyclic) bond motifs is 12. The summed E-state index contributed by atoms with van der Waals surface area (Å²) in [6.07, 6.45) is 1.84. The lowest BCUT2D eigenvalue weighted by Crippen LogP contribution is -2.14. The van der Waals surface area contributed by atoms with Crippen LogP contribution in [0.15, 0.2) is 200 Å². The van der Waals surface area contributed by atoms with Gasteiger partial charge in [0.15, 0.2) is 5.76 Å². The Hall–Kier alpha value is -6.29. The Morgan fingerprint density at radius 2 is 0.881 bits per heavy atom. The van der Waals surface area contributed by atoms with Crippen molar-refractivity contribution in [1.29, 1.82) is 0 Å². The van der Waals surface area contributed by atoms with Crippen LogP contribution in [0.4, 0.5) is 34.1 Å². The lowest BCUT2D eigenvalue weighted by Gasteiger charge is -2.33. The molecule has 0 amide bonds. The Balaban J connectivity index is 0.830. The Labute approximate surface area is 356 Å². The van der Waals surface area contributed by atoms with Crippen LogP contribution >= 0.6 is 46.2 Å². The minimum absolute atomic E-state index is 0.597. The molecule has 8 aromatic carbocycles. The molecule has 0 saturated heterocycles. The molecule has 0 aliphatic carbocycles. The zero-order valence-corrected chi connectivity index (χ0v) is 34.4. The number of aromatic nitrogens is 1. The zero-order valence-electron chi connectivity index (χ0n) is 31.1. The fourth-order valence-corrected chi connectivity index (χ4v) is 13.5. The average Bonchev–Trinajstić information content (AvgIpc) is 4.04. The van der Waals surface area contributed by atoms with Gasteiger partial charge >= 0.3 is 0 Å². The maximum absolute atomic E-state index is 6.47. The Morgan fingerprint density at radius 3 is 1.42 bits per heavy atom. The van der Waals surface area contributed by atoms with Crippen LogP contribution in [0.3, 0.4) is 0 Å². The van der Waals surface area contributed by atoms with Crippen LogP contribution < -0.4 is 9.80 Å². The molecule has 4 nitrogen and oxygen atoms in total. The summed E-state index contributed by atoms with van der Waals surface area (Å²) in [5.41, 5.74) is 8.87. The van der Waals surface area contributed by atoms with Gasteiger partial charge in [0.2, 0.25) is 5.89 Å². The number of benzene rings is 8. The van der Waals surface area contributed by atoms with Crippen LogP contribution in [0.1, 0.15) is 0 Å². The number of hydrogen-bond acceptors (Lipinski definition) is 8. The Bertz CT molecular complexity index is 3240. The number of thiophene rings is 2. The monoisotopic (exact) mass is 827 g/mol. The van der Waals surface area contributed by atoms with E-state index >= 15 is 0 Å². The van der Waals surface area contributed by atoms with Crippen LogP contribution in [-0.2, 0) is 0 Å². The third kappa shape index (κ3) is 5.20. The van der Waals surface area contributed by atoms with Crippen molar-refractivity contribution in [1.82, 2.24) is 4.98 Å². The summed E-state index contributed by atoms with van der Waals surface area (Å²) >= 11 is 7.47. The van der Waals surface area contributed by atoms with Crippen LogP contribution in [0.25, 0.3) is 63.1 Å². The maximum Gasteiger partial charge on any atom is 0.226 e. The van der Waals surface area contributed by atoms with E-state index in [2.05, 4.69) is 180 Å². The molecule has 8 heteroatoms. The van der Waals surface area contributed by atoms with Gasteiger partial charge in [-0.3, -0.25) is 0 Å². The van der Waals surface area contributed by atoms with E-state index in [4.69, 9.17) is 9.40 Å². The number of rotatable bonds is 4. The molecular formula is C51H29N3OS4. The van der Waals surface area contributed by atoms with E-state index < -0.39 is 0 Å². The highest BCUT2D eigenvalue weighted by Gasteiger charge is 2.29. The molecule has 0 N–H and O–H groups in total. The molecule has 2 aliphatic heterocycles. The molecule has 5 heterocycles. The van der Waals surface area contributed by atoms with Crippen molar-refractivity contribution in [3.63, 3.8) is 0 Å². The molecule has 59 heavy (non-hydrogen) atoms. The van der Waals surface area contributed by atoms with Gasteiger partial charge in [-0.2, -0.15) is 0 Å². The Morgan fingerprint density at radius 1 is 0.407 bits per heavy atom. The van der Waals surface area contributed by atoms with Gasteiger partial charge in [0.05, 0.1) is 28.9 Å². The molecule has 3 aromatic heterocycles.